The van der Waals surface area contributed by atoms with Gasteiger partial charge in [-0.3, -0.25) is 4.79 Å². The van der Waals surface area contributed by atoms with E-state index in [1.807, 2.05) is 34.9 Å². The number of nitrogens with one attached hydrogen (secondary N) is 1. The molecule has 0 aliphatic carbocycles. The van der Waals surface area contributed by atoms with Gasteiger partial charge in [0.05, 0.1) is 10.6 Å². The Kier molecular flexibility index (Phi) is 5.81. The van der Waals surface area contributed by atoms with Crippen LogP contribution in [0.3, 0.4) is 0 Å². The number of benzene rings is 3. The number of amides is 1. The number of carbonyl (C=O) groups excluding carboxylic acids is 1. The van der Waals surface area contributed by atoms with E-state index in [0.29, 0.717) is 25.1 Å². The lowest BCUT2D eigenvalue weighted by Crippen LogP contribution is -2.25. The number of aromatic nitrogens is 1. The molecule has 0 radical (unpaired) electrons. The highest BCUT2D eigenvalue weighted by Gasteiger charge is 2.15. The number of carbonyl (C=O) groups is 1. The van der Waals surface area contributed by atoms with Crippen LogP contribution in [0, 0.1) is 11.6 Å². The number of hydrogen-bond acceptors (Lipinski definition) is 1. The lowest BCUT2D eigenvalue weighted by molar-refractivity contribution is 0.0955. The molecule has 0 aliphatic rings. The molecule has 1 aromatic heterocycles. The van der Waals surface area contributed by atoms with Crippen molar-refractivity contribution in [2.24, 2.45) is 0 Å². The molecule has 30 heavy (non-hydrogen) atoms. The topological polar surface area (TPSA) is 34.0 Å². The molecule has 0 saturated heterocycles. The number of para-hydroxylation sites is 1. The molecule has 0 spiro atoms. The Hall–Kier alpha value is -3.18. The maximum absolute atomic E-state index is 13.6. The van der Waals surface area contributed by atoms with Crippen molar-refractivity contribution in [1.82, 2.24) is 9.88 Å². The van der Waals surface area contributed by atoms with Gasteiger partial charge in [0.1, 0.15) is 11.6 Å². The van der Waals surface area contributed by atoms with Crippen molar-refractivity contribution in [1.29, 1.82) is 0 Å². The Morgan fingerprint density at radius 1 is 0.967 bits per heavy atom. The van der Waals surface area contributed by atoms with Gasteiger partial charge in [0.2, 0.25) is 0 Å². The van der Waals surface area contributed by atoms with Crippen molar-refractivity contribution in [2.75, 3.05) is 6.54 Å². The zero-order valence-corrected chi connectivity index (χ0v) is 16.8. The Labute approximate surface area is 177 Å². The molecule has 0 saturated carbocycles. The summed E-state index contributed by atoms with van der Waals surface area (Å²) in [5.41, 5.74) is 3.01. The first kappa shape index (κ1) is 20.1. The summed E-state index contributed by atoms with van der Waals surface area (Å²) >= 11 is 5.70. The summed E-state index contributed by atoms with van der Waals surface area (Å²) in [7, 11) is 0. The molecular formula is C24H19ClF2N2O. The lowest BCUT2D eigenvalue weighted by Gasteiger charge is -2.06. The van der Waals surface area contributed by atoms with Crippen molar-refractivity contribution in [3.63, 3.8) is 0 Å². The van der Waals surface area contributed by atoms with Crippen molar-refractivity contribution < 1.29 is 13.6 Å². The molecule has 1 N–H and O–H groups in total. The third kappa shape index (κ3) is 4.36. The highest BCUT2D eigenvalue weighted by atomic mass is 35.5. The van der Waals surface area contributed by atoms with Gasteiger partial charge in [-0.25, -0.2) is 8.78 Å². The molecule has 0 unspecified atom stereocenters. The summed E-state index contributed by atoms with van der Waals surface area (Å²) in [5, 5.41) is 3.79. The molecule has 0 fully saturated rings. The average Bonchev–Trinajstić information content (AvgIpc) is 3.09. The van der Waals surface area contributed by atoms with Crippen LogP contribution in [0.2, 0.25) is 5.02 Å². The minimum Gasteiger partial charge on any atom is -0.352 e. The molecule has 0 atom stereocenters. The second-order valence-electron chi connectivity index (χ2n) is 7.07. The van der Waals surface area contributed by atoms with E-state index in [-0.39, 0.29) is 16.7 Å². The van der Waals surface area contributed by atoms with Crippen LogP contribution >= 0.6 is 11.6 Å². The first-order valence-corrected chi connectivity index (χ1v) is 9.93. The van der Waals surface area contributed by atoms with E-state index >= 15 is 0 Å². The summed E-state index contributed by atoms with van der Waals surface area (Å²) < 4.78 is 29.0. The Morgan fingerprint density at radius 2 is 1.80 bits per heavy atom. The van der Waals surface area contributed by atoms with Crippen LogP contribution in [0.1, 0.15) is 21.5 Å². The smallest absolute Gasteiger partial charge is 0.253 e. The molecule has 1 heterocycles. The van der Waals surface area contributed by atoms with Crippen LogP contribution < -0.4 is 5.32 Å². The third-order valence-corrected chi connectivity index (χ3v) is 5.26. The number of halogens is 3. The maximum atomic E-state index is 13.6. The van der Waals surface area contributed by atoms with E-state index in [9.17, 15) is 13.6 Å². The van der Waals surface area contributed by atoms with Crippen molar-refractivity contribution in [3.8, 4) is 0 Å². The van der Waals surface area contributed by atoms with E-state index in [0.717, 1.165) is 22.0 Å². The van der Waals surface area contributed by atoms with E-state index < -0.39 is 5.82 Å². The van der Waals surface area contributed by atoms with E-state index in [1.54, 1.807) is 18.3 Å². The van der Waals surface area contributed by atoms with Gasteiger partial charge in [-0.1, -0.05) is 48.0 Å². The predicted molar refractivity (Wildman–Crippen MR) is 115 cm³/mol. The minimum absolute atomic E-state index is 0.0777. The van der Waals surface area contributed by atoms with Crippen LogP contribution in [-0.2, 0) is 13.0 Å². The number of fused-ring (bicyclic) bond motifs is 1. The quantitative estimate of drug-likeness (QED) is 0.430. The summed E-state index contributed by atoms with van der Waals surface area (Å²) in [6.07, 6.45) is 2.27. The normalized spacial score (nSPS) is 11.0. The first-order valence-electron chi connectivity index (χ1n) is 9.56. The second-order valence-corrected chi connectivity index (χ2v) is 7.48. The standard InChI is InChI=1S/C24H19ClF2N2O/c25-21-9-8-16(13-22(21)27)10-11-28-24(30)20-15-29(23-7-2-1-6-19(20)23)14-17-4-3-5-18(26)12-17/h1-9,12-13,15H,10-11,14H2,(H,28,30). The average molecular weight is 425 g/mol. The zero-order chi connectivity index (χ0) is 21.1. The zero-order valence-electron chi connectivity index (χ0n) is 16.0. The lowest BCUT2D eigenvalue weighted by atomic mass is 10.1. The van der Waals surface area contributed by atoms with E-state index in [1.165, 1.54) is 24.3 Å². The van der Waals surface area contributed by atoms with Gasteiger partial charge in [-0.05, 0) is 47.9 Å². The Morgan fingerprint density at radius 3 is 2.60 bits per heavy atom. The van der Waals surface area contributed by atoms with Crippen molar-refractivity contribution >= 4 is 28.4 Å². The molecule has 6 heteroatoms. The molecule has 4 aromatic rings. The molecule has 0 bridgehead atoms. The van der Waals surface area contributed by atoms with E-state index in [2.05, 4.69) is 5.32 Å². The predicted octanol–water partition coefficient (Wildman–Crippen LogP) is 5.59. The van der Waals surface area contributed by atoms with Crippen LogP contribution in [0.25, 0.3) is 10.9 Å². The fourth-order valence-corrected chi connectivity index (χ4v) is 3.62. The third-order valence-electron chi connectivity index (χ3n) is 4.96. The van der Waals surface area contributed by atoms with Gasteiger partial charge in [0, 0.05) is 30.2 Å². The second kappa shape index (κ2) is 8.67. The largest absolute Gasteiger partial charge is 0.352 e. The molecular weight excluding hydrogens is 406 g/mol. The fraction of sp³-hybridized carbons (Fsp3) is 0.125. The highest BCUT2D eigenvalue weighted by Crippen LogP contribution is 2.23. The van der Waals surface area contributed by atoms with Gasteiger partial charge in [0.15, 0.2) is 0 Å². The molecule has 4 rings (SSSR count). The van der Waals surface area contributed by atoms with Crippen LogP contribution in [0.4, 0.5) is 8.78 Å². The summed E-state index contributed by atoms with van der Waals surface area (Å²) in [6, 6.07) is 18.6. The van der Waals surface area contributed by atoms with Crippen LogP contribution in [0.5, 0.6) is 0 Å². The number of nitrogens with zero attached hydrogens (tertiary/aromatic N) is 1. The van der Waals surface area contributed by atoms with Crippen molar-refractivity contribution in [2.45, 2.75) is 13.0 Å². The SMILES string of the molecule is O=C(NCCc1ccc(Cl)c(F)c1)c1cn(Cc2cccc(F)c2)c2ccccc12. The summed E-state index contributed by atoms with van der Waals surface area (Å²) in [5.74, 6) is -0.972. The highest BCUT2D eigenvalue weighted by molar-refractivity contribution is 6.30. The van der Waals surface area contributed by atoms with Gasteiger partial charge in [0.25, 0.3) is 5.91 Å². The van der Waals surface area contributed by atoms with Crippen LogP contribution in [-0.4, -0.2) is 17.0 Å². The van der Waals surface area contributed by atoms with Crippen molar-refractivity contribution in [3.05, 3.63) is 106 Å². The van der Waals surface area contributed by atoms with Gasteiger partial charge >= 0.3 is 0 Å². The van der Waals surface area contributed by atoms with E-state index in [4.69, 9.17) is 11.6 Å². The van der Waals surface area contributed by atoms with Gasteiger partial charge < -0.3 is 9.88 Å². The molecule has 1 amide bonds. The molecule has 3 aromatic carbocycles. The van der Waals surface area contributed by atoms with Crippen LogP contribution in [0.15, 0.2) is 72.9 Å². The van der Waals surface area contributed by atoms with Gasteiger partial charge in [-0.15, -0.1) is 0 Å². The molecule has 3 nitrogen and oxygen atoms in total. The summed E-state index contributed by atoms with van der Waals surface area (Å²) in [6.45, 7) is 0.818. The summed E-state index contributed by atoms with van der Waals surface area (Å²) in [4.78, 5) is 12.8. The molecule has 0 aliphatic heterocycles. The minimum atomic E-state index is -0.471. The Bertz CT molecular complexity index is 1220. The maximum Gasteiger partial charge on any atom is 0.253 e. The van der Waals surface area contributed by atoms with Gasteiger partial charge in [-0.2, -0.15) is 0 Å². The number of hydrogen-bond donors (Lipinski definition) is 1. The first-order chi connectivity index (χ1) is 14.5. The fourth-order valence-electron chi connectivity index (χ4n) is 3.50. The molecule has 152 valence electrons. The monoisotopic (exact) mass is 424 g/mol. The number of rotatable bonds is 6. The Balaban J connectivity index is 1.51.